The summed E-state index contributed by atoms with van der Waals surface area (Å²) in [5.41, 5.74) is 12.1. The van der Waals surface area contributed by atoms with Gasteiger partial charge < -0.3 is 4.90 Å². The van der Waals surface area contributed by atoms with Crippen molar-refractivity contribution < 1.29 is 0 Å². The van der Waals surface area contributed by atoms with Crippen LogP contribution < -0.4 is 26.8 Å². The van der Waals surface area contributed by atoms with Crippen molar-refractivity contribution in [1.29, 1.82) is 5.26 Å². The van der Waals surface area contributed by atoms with Gasteiger partial charge in [0.25, 0.3) is 0 Å². The van der Waals surface area contributed by atoms with E-state index in [0.29, 0.717) is 22.3 Å². The fourth-order valence-electron chi connectivity index (χ4n) is 1.94. The molecular formula is C11H16ClN7. The van der Waals surface area contributed by atoms with Crippen LogP contribution in [-0.2, 0) is 0 Å². The molecule has 2 rings (SSSR count). The van der Waals surface area contributed by atoms with E-state index < -0.39 is 0 Å². The van der Waals surface area contributed by atoms with Crippen LogP contribution in [0.25, 0.3) is 0 Å². The molecule has 1 aliphatic heterocycles. The number of anilines is 1. The summed E-state index contributed by atoms with van der Waals surface area (Å²) in [6.07, 6.45) is 1.64. The Balaban J connectivity index is 2.03. The summed E-state index contributed by atoms with van der Waals surface area (Å²) in [7, 11) is 1.92. The van der Waals surface area contributed by atoms with E-state index in [1.807, 2.05) is 18.0 Å². The summed E-state index contributed by atoms with van der Waals surface area (Å²) in [6, 6.07) is 3.64. The maximum atomic E-state index is 8.79. The van der Waals surface area contributed by atoms with E-state index in [9.17, 15) is 0 Å². The first-order valence-corrected chi connectivity index (χ1v) is 6.27. The maximum absolute atomic E-state index is 8.79. The monoisotopic (exact) mass is 281 g/mol. The van der Waals surface area contributed by atoms with Crippen molar-refractivity contribution in [2.45, 2.75) is 13.1 Å². The van der Waals surface area contributed by atoms with Crippen LogP contribution in [0.3, 0.4) is 0 Å². The van der Waals surface area contributed by atoms with Gasteiger partial charge in [-0.05, 0) is 6.07 Å². The second kappa shape index (κ2) is 6.14. The minimum atomic E-state index is 0.111. The predicted octanol–water partition coefficient (Wildman–Crippen LogP) is 0.122. The summed E-state index contributed by atoms with van der Waals surface area (Å²) in [5, 5.41) is 9.27. The molecule has 102 valence electrons. The zero-order chi connectivity index (χ0) is 13.8. The molecule has 0 amide bonds. The third-order valence-electron chi connectivity index (χ3n) is 2.96. The Hall–Kier alpha value is -1.43. The van der Waals surface area contributed by atoms with Crippen molar-refractivity contribution in [3.8, 4) is 6.07 Å². The Morgan fingerprint density at radius 1 is 1.53 bits per heavy atom. The number of pyridine rings is 1. The highest BCUT2D eigenvalue weighted by Crippen LogP contribution is 2.23. The van der Waals surface area contributed by atoms with Crippen LogP contribution in [0.15, 0.2) is 12.3 Å². The van der Waals surface area contributed by atoms with Crippen LogP contribution in [0.2, 0.25) is 5.02 Å². The third kappa shape index (κ3) is 3.32. The Kier molecular flexibility index (Phi) is 4.52. The minimum absolute atomic E-state index is 0.111. The fourth-order valence-corrected chi connectivity index (χ4v) is 2.26. The minimum Gasteiger partial charge on any atom is -0.358 e. The first-order chi connectivity index (χ1) is 9.11. The zero-order valence-corrected chi connectivity index (χ0v) is 11.5. The number of nitrogens with one attached hydrogen (secondary N) is 4. The topological polar surface area (TPSA) is 88.0 Å². The van der Waals surface area contributed by atoms with Crippen molar-refractivity contribution in [2.24, 2.45) is 5.92 Å². The van der Waals surface area contributed by atoms with Crippen LogP contribution in [0.4, 0.5) is 5.82 Å². The standard InChI is InChI=1S/C11H16ClN7/c1-7(10-15-17-18-16-10)6-19(2)11-9(12)3-8(4-13)5-14-11/h3,5,7,10,15-18H,6H2,1-2H3. The summed E-state index contributed by atoms with van der Waals surface area (Å²) >= 11 is 6.13. The molecule has 1 fully saturated rings. The molecule has 4 N–H and O–H groups in total. The molecule has 1 aromatic rings. The predicted molar refractivity (Wildman–Crippen MR) is 72.7 cm³/mol. The first-order valence-electron chi connectivity index (χ1n) is 5.89. The molecule has 1 aromatic heterocycles. The van der Waals surface area contributed by atoms with Crippen molar-refractivity contribution in [1.82, 2.24) is 26.9 Å². The lowest BCUT2D eigenvalue weighted by Crippen LogP contribution is -2.44. The molecule has 0 aliphatic carbocycles. The molecule has 0 radical (unpaired) electrons. The normalized spacial score (nSPS) is 17.2. The van der Waals surface area contributed by atoms with E-state index in [1.54, 1.807) is 6.07 Å². The highest BCUT2D eigenvalue weighted by molar-refractivity contribution is 6.33. The van der Waals surface area contributed by atoms with Gasteiger partial charge in [0.1, 0.15) is 11.9 Å². The third-order valence-corrected chi connectivity index (χ3v) is 3.24. The lowest BCUT2D eigenvalue weighted by atomic mass is 10.1. The van der Waals surface area contributed by atoms with Gasteiger partial charge in [-0.1, -0.05) is 18.5 Å². The highest BCUT2D eigenvalue weighted by atomic mass is 35.5. The van der Waals surface area contributed by atoms with Crippen LogP contribution in [0.1, 0.15) is 12.5 Å². The van der Waals surface area contributed by atoms with Crippen molar-refractivity contribution in [2.75, 3.05) is 18.5 Å². The number of aromatic nitrogens is 1. The van der Waals surface area contributed by atoms with Gasteiger partial charge in [-0.25, -0.2) is 15.8 Å². The summed E-state index contributed by atoms with van der Waals surface area (Å²) < 4.78 is 0. The molecule has 1 saturated heterocycles. The van der Waals surface area contributed by atoms with Crippen LogP contribution in [0.5, 0.6) is 0 Å². The number of nitriles is 1. The van der Waals surface area contributed by atoms with Gasteiger partial charge in [0.2, 0.25) is 0 Å². The van der Waals surface area contributed by atoms with Gasteiger partial charge >= 0.3 is 0 Å². The molecule has 8 heteroatoms. The molecule has 7 nitrogen and oxygen atoms in total. The van der Waals surface area contributed by atoms with E-state index in [2.05, 4.69) is 33.8 Å². The lowest BCUT2D eigenvalue weighted by molar-refractivity contribution is 0.375. The van der Waals surface area contributed by atoms with E-state index in [1.165, 1.54) is 6.20 Å². The number of rotatable bonds is 4. The van der Waals surface area contributed by atoms with Crippen molar-refractivity contribution >= 4 is 17.4 Å². The Labute approximate surface area is 116 Å². The Bertz CT molecular complexity index is 480. The first kappa shape index (κ1) is 14.0. The SMILES string of the molecule is CC(CN(C)c1ncc(C#N)cc1Cl)C1NNNN1. The summed E-state index contributed by atoms with van der Waals surface area (Å²) in [5.74, 6) is 0.979. The second-order valence-electron chi connectivity index (χ2n) is 4.52. The molecule has 2 heterocycles. The van der Waals surface area contributed by atoms with Crippen molar-refractivity contribution in [3.63, 3.8) is 0 Å². The van der Waals surface area contributed by atoms with Gasteiger partial charge in [-0.15, -0.1) is 0 Å². The average Bonchev–Trinajstić information content (AvgIpc) is 2.92. The molecule has 0 bridgehead atoms. The van der Waals surface area contributed by atoms with E-state index in [4.69, 9.17) is 16.9 Å². The quantitative estimate of drug-likeness (QED) is 0.623. The second-order valence-corrected chi connectivity index (χ2v) is 4.92. The number of hydrazine groups is 3. The summed E-state index contributed by atoms with van der Waals surface area (Å²) in [4.78, 5) is 6.20. The van der Waals surface area contributed by atoms with Crippen LogP contribution in [-0.4, -0.2) is 24.7 Å². The molecule has 1 aliphatic rings. The van der Waals surface area contributed by atoms with Gasteiger partial charge in [-0.3, -0.25) is 0 Å². The number of halogens is 1. The molecule has 0 aromatic carbocycles. The van der Waals surface area contributed by atoms with Gasteiger partial charge in [0.15, 0.2) is 0 Å². The smallest absolute Gasteiger partial charge is 0.147 e. The van der Waals surface area contributed by atoms with Gasteiger partial charge in [0, 0.05) is 25.7 Å². The number of nitrogens with zero attached hydrogens (tertiary/aromatic N) is 3. The lowest BCUT2D eigenvalue weighted by Gasteiger charge is -2.26. The van der Waals surface area contributed by atoms with E-state index in [0.717, 1.165) is 6.54 Å². The van der Waals surface area contributed by atoms with Gasteiger partial charge in [-0.2, -0.15) is 16.3 Å². The molecule has 1 atom stereocenters. The maximum Gasteiger partial charge on any atom is 0.147 e. The number of hydrogen-bond acceptors (Lipinski definition) is 7. The van der Waals surface area contributed by atoms with Crippen molar-refractivity contribution in [3.05, 3.63) is 22.8 Å². The van der Waals surface area contributed by atoms with Crippen LogP contribution in [0, 0.1) is 17.2 Å². The van der Waals surface area contributed by atoms with Crippen LogP contribution >= 0.6 is 11.6 Å². The largest absolute Gasteiger partial charge is 0.358 e. The molecular weight excluding hydrogens is 266 g/mol. The highest BCUT2D eigenvalue weighted by Gasteiger charge is 2.22. The molecule has 0 spiro atoms. The number of hydrogen-bond donors (Lipinski definition) is 4. The molecule has 0 saturated carbocycles. The fraction of sp³-hybridized carbons (Fsp3) is 0.455. The van der Waals surface area contributed by atoms with E-state index in [-0.39, 0.29) is 6.17 Å². The zero-order valence-electron chi connectivity index (χ0n) is 10.7. The summed E-state index contributed by atoms with van der Waals surface area (Å²) in [6.45, 7) is 2.86. The Morgan fingerprint density at radius 2 is 2.21 bits per heavy atom. The molecule has 1 unspecified atom stereocenters. The Morgan fingerprint density at radius 3 is 2.79 bits per heavy atom. The average molecular weight is 282 g/mol. The molecule has 19 heavy (non-hydrogen) atoms. The van der Waals surface area contributed by atoms with Gasteiger partial charge in [0.05, 0.1) is 16.8 Å². The van der Waals surface area contributed by atoms with E-state index >= 15 is 0 Å².